The molecule has 0 radical (unpaired) electrons. The van der Waals surface area contributed by atoms with Gasteiger partial charge in [0, 0.05) is 10.9 Å². The van der Waals surface area contributed by atoms with Crippen LogP contribution in [0.1, 0.15) is 5.01 Å². The van der Waals surface area contributed by atoms with Crippen molar-refractivity contribution in [2.45, 2.75) is 6.54 Å². The van der Waals surface area contributed by atoms with Crippen LogP contribution in [0.25, 0.3) is 16.1 Å². The van der Waals surface area contributed by atoms with E-state index in [1.807, 2.05) is 29.6 Å². The maximum Gasteiger partial charge on any atom is 0.265 e. The zero-order valence-electron chi connectivity index (χ0n) is 8.80. The molecule has 0 saturated carbocycles. The molecule has 0 bridgehead atoms. The van der Waals surface area contributed by atoms with Crippen molar-refractivity contribution in [1.29, 1.82) is 0 Å². The van der Waals surface area contributed by atoms with E-state index < -0.39 is 0 Å². The molecule has 0 spiro atoms. The Labute approximate surface area is 98.2 Å². The van der Waals surface area contributed by atoms with E-state index in [0.29, 0.717) is 6.54 Å². The zero-order valence-corrected chi connectivity index (χ0v) is 9.62. The minimum atomic E-state index is 0.356. The number of methoxy groups -OCH3 is 1. The lowest BCUT2D eigenvalue weighted by Gasteiger charge is -2.01. The van der Waals surface area contributed by atoms with Gasteiger partial charge in [0.15, 0.2) is 5.01 Å². The van der Waals surface area contributed by atoms with Gasteiger partial charge in [-0.25, -0.2) is 11.6 Å². The summed E-state index contributed by atoms with van der Waals surface area (Å²) in [6.07, 6.45) is 0. The number of thiazole rings is 1. The van der Waals surface area contributed by atoms with E-state index in [1.165, 1.54) is 11.3 Å². The van der Waals surface area contributed by atoms with Crippen LogP contribution in [0, 0.1) is 6.57 Å². The molecule has 80 valence electrons. The largest absolute Gasteiger partial charge is 0.497 e. The molecule has 0 aliphatic heterocycles. The fourth-order valence-electron chi connectivity index (χ4n) is 1.37. The highest BCUT2D eigenvalue weighted by Crippen LogP contribution is 2.25. The molecule has 16 heavy (non-hydrogen) atoms. The van der Waals surface area contributed by atoms with E-state index in [9.17, 15) is 0 Å². The Morgan fingerprint density at radius 1 is 1.50 bits per heavy atom. The fraction of sp³-hybridized carbons (Fsp3) is 0.167. The zero-order chi connectivity index (χ0) is 11.4. The lowest BCUT2D eigenvalue weighted by molar-refractivity contribution is 0.415. The Morgan fingerprint density at radius 3 is 3.12 bits per heavy atom. The van der Waals surface area contributed by atoms with Gasteiger partial charge in [0.2, 0.25) is 0 Å². The number of hydrogen-bond donors (Lipinski definition) is 0. The summed E-state index contributed by atoms with van der Waals surface area (Å²) >= 11 is 1.52. The van der Waals surface area contributed by atoms with E-state index in [4.69, 9.17) is 11.3 Å². The summed E-state index contributed by atoms with van der Waals surface area (Å²) in [7, 11) is 1.64. The van der Waals surface area contributed by atoms with Crippen LogP contribution in [-0.4, -0.2) is 12.1 Å². The second kappa shape index (κ2) is 4.77. The lowest BCUT2D eigenvalue weighted by atomic mass is 10.2. The number of nitrogens with zero attached hydrogens (tertiary/aromatic N) is 2. The van der Waals surface area contributed by atoms with Gasteiger partial charge in [0.05, 0.1) is 12.8 Å². The standard InChI is InChI=1S/C12H10N2OS/c1-13-7-12-14-11(8-16-12)9-4-3-5-10(6-9)15-2/h3-6,8H,7H2,2H3. The highest BCUT2D eigenvalue weighted by atomic mass is 32.1. The molecular formula is C12H10N2OS. The topological polar surface area (TPSA) is 26.5 Å². The third-order valence-corrected chi connectivity index (χ3v) is 2.97. The Bertz CT molecular complexity index is 528. The second-order valence-corrected chi connectivity index (χ2v) is 4.12. The van der Waals surface area contributed by atoms with Crippen LogP contribution >= 0.6 is 11.3 Å². The summed E-state index contributed by atoms with van der Waals surface area (Å²) in [6, 6.07) is 7.76. The first-order chi connectivity index (χ1) is 7.83. The predicted molar refractivity (Wildman–Crippen MR) is 64.4 cm³/mol. The van der Waals surface area contributed by atoms with E-state index in [1.54, 1.807) is 7.11 Å². The molecule has 0 aliphatic rings. The molecule has 1 aromatic heterocycles. The van der Waals surface area contributed by atoms with Crippen molar-refractivity contribution in [3.05, 3.63) is 46.1 Å². The van der Waals surface area contributed by atoms with Gasteiger partial charge >= 0.3 is 0 Å². The van der Waals surface area contributed by atoms with Crippen LogP contribution in [0.4, 0.5) is 0 Å². The van der Waals surface area contributed by atoms with Gasteiger partial charge in [0.25, 0.3) is 6.54 Å². The Kier molecular flexibility index (Phi) is 3.18. The molecule has 1 heterocycles. The molecule has 0 N–H and O–H groups in total. The maximum absolute atomic E-state index is 6.79. The third kappa shape index (κ3) is 2.20. The highest BCUT2D eigenvalue weighted by Gasteiger charge is 2.06. The van der Waals surface area contributed by atoms with Crippen LogP contribution < -0.4 is 4.74 Å². The molecule has 4 heteroatoms. The average molecular weight is 230 g/mol. The van der Waals surface area contributed by atoms with Crippen LogP contribution in [0.5, 0.6) is 5.75 Å². The van der Waals surface area contributed by atoms with Gasteiger partial charge in [-0.3, -0.25) is 0 Å². The minimum absolute atomic E-state index is 0.356. The Morgan fingerprint density at radius 2 is 2.38 bits per heavy atom. The monoisotopic (exact) mass is 230 g/mol. The van der Waals surface area contributed by atoms with Crippen LogP contribution in [-0.2, 0) is 6.54 Å². The van der Waals surface area contributed by atoms with E-state index in [-0.39, 0.29) is 0 Å². The number of benzene rings is 1. The van der Waals surface area contributed by atoms with Crippen LogP contribution in [0.3, 0.4) is 0 Å². The van der Waals surface area contributed by atoms with Gasteiger partial charge in [0.1, 0.15) is 5.75 Å². The first-order valence-electron chi connectivity index (χ1n) is 4.75. The smallest absolute Gasteiger partial charge is 0.265 e. The normalized spacial score (nSPS) is 9.75. The fourth-order valence-corrected chi connectivity index (χ4v) is 2.09. The summed E-state index contributed by atoms with van der Waals surface area (Å²) in [5, 5.41) is 2.82. The number of ether oxygens (including phenoxy) is 1. The first kappa shape index (κ1) is 10.7. The molecule has 3 nitrogen and oxygen atoms in total. The quantitative estimate of drug-likeness (QED) is 0.757. The van der Waals surface area contributed by atoms with Crippen molar-refractivity contribution < 1.29 is 4.74 Å². The molecule has 0 fully saturated rings. The van der Waals surface area contributed by atoms with Crippen LogP contribution in [0.15, 0.2) is 29.6 Å². The molecule has 1 aromatic carbocycles. The molecule has 2 rings (SSSR count). The van der Waals surface area contributed by atoms with Gasteiger partial charge < -0.3 is 9.58 Å². The molecule has 0 saturated heterocycles. The summed E-state index contributed by atoms with van der Waals surface area (Å²) < 4.78 is 5.16. The molecular weight excluding hydrogens is 220 g/mol. The highest BCUT2D eigenvalue weighted by molar-refractivity contribution is 7.09. The third-order valence-electron chi connectivity index (χ3n) is 2.13. The molecule has 0 unspecified atom stereocenters. The van der Waals surface area contributed by atoms with E-state index >= 15 is 0 Å². The van der Waals surface area contributed by atoms with Crippen molar-refractivity contribution in [2.24, 2.45) is 0 Å². The number of rotatable bonds is 3. The van der Waals surface area contributed by atoms with Gasteiger partial charge in [-0.15, -0.1) is 11.3 Å². The van der Waals surface area contributed by atoms with Gasteiger partial charge in [-0.05, 0) is 12.1 Å². The summed E-state index contributed by atoms with van der Waals surface area (Å²) in [5.41, 5.74) is 1.93. The minimum Gasteiger partial charge on any atom is -0.497 e. The first-order valence-corrected chi connectivity index (χ1v) is 5.63. The molecule has 0 aliphatic carbocycles. The SMILES string of the molecule is [C-]#[N+]Cc1nc(-c2cccc(OC)c2)cs1. The molecule has 2 aromatic rings. The van der Waals surface area contributed by atoms with Gasteiger partial charge in [-0.1, -0.05) is 12.1 Å². The lowest BCUT2D eigenvalue weighted by Crippen LogP contribution is -1.84. The second-order valence-electron chi connectivity index (χ2n) is 3.17. The maximum atomic E-state index is 6.79. The summed E-state index contributed by atoms with van der Waals surface area (Å²) in [5.74, 6) is 0.817. The molecule has 0 amide bonds. The summed E-state index contributed by atoms with van der Waals surface area (Å²) in [4.78, 5) is 7.71. The van der Waals surface area contributed by atoms with E-state index in [0.717, 1.165) is 22.0 Å². The Balaban J connectivity index is 2.31. The van der Waals surface area contributed by atoms with Crippen molar-refractivity contribution in [3.8, 4) is 17.0 Å². The van der Waals surface area contributed by atoms with E-state index in [2.05, 4.69) is 9.83 Å². The van der Waals surface area contributed by atoms with Crippen molar-refractivity contribution in [3.63, 3.8) is 0 Å². The molecule has 0 atom stereocenters. The average Bonchev–Trinajstić information content (AvgIpc) is 2.78. The number of aromatic nitrogens is 1. The van der Waals surface area contributed by atoms with Gasteiger partial charge in [-0.2, -0.15) is 0 Å². The van der Waals surface area contributed by atoms with Crippen molar-refractivity contribution >= 4 is 11.3 Å². The summed E-state index contributed by atoms with van der Waals surface area (Å²) in [6.45, 7) is 7.15. The predicted octanol–water partition coefficient (Wildman–Crippen LogP) is 3.24. The van der Waals surface area contributed by atoms with Crippen molar-refractivity contribution in [1.82, 2.24) is 4.98 Å². The Hall–Kier alpha value is -1.86. The van der Waals surface area contributed by atoms with Crippen LogP contribution in [0.2, 0.25) is 0 Å². The number of hydrogen-bond acceptors (Lipinski definition) is 3. The van der Waals surface area contributed by atoms with Crippen molar-refractivity contribution in [2.75, 3.05) is 7.11 Å².